The highest BCUT2D eigenvalue weighted by molar-refractivity contribution is 8.01. The number of aromatic nitrogens is 2. The average molecular weight is 364 g/mol. The fraction of sp³-hybridized carbons (Fsp3) is 0.438. The Morgan fingerprint density at radius 1 is 1.38 bits per heavy atom. The minimum absolute atomic E-state index is 0.00167. The normalized spacial score (nSPS) is 13.5. The van der Waals surface area contributed by atoms with Crippen LogP contribution in [-0.2, 0) is 11.2 Å². The third-order valence-corrected chi connectivity index (χ3v) is 5.53. The van der Waals surface area contributed by atoms with Crippen LogP contribution in [0.4, 0.5) is 5.13 Å². The van der Waals surface area contributed by atoms with Gasteiger partial charge >= 0.3 is 0 Å². The summed E-state index contributed by atoms with van der Waals surface area (Å²) in [6, 6.07) is 8.41. The van der Waals surface area contributed by atoms with E-state index in [1.807, 2.05) is 24.3 Å². The molecule has 24 heavy (non-hydrogen) atoms. The molecule has 0 aliphatic heterocycles. The van der Waals surface area contributed by atoms with Crippen molar-refractivity contribution in [1.82, 2.24) is 15.5 Å². The third-order valence-electron chi connectivity index (χ3n) is 3.55. The van der Waals surface area contributed by atoms with Gasteiger partial charge in [-0.3, -0.25) is 4.79 Å². The van der Waals surface area contributed by atoms with Crippen LogP contribution >= 0.6 is 23.1 Å². The molecule has 0 atom stereocenters. The molecule has 3 rings (SSSR count). The van der Waals surface area contributed by atoms with Gasteiger partial charge in [0.05, 0.1) is 12.9 Å². The SMILES string of the molecule is COc1ccccc1CCNC(=O)CSc1nnc(NC2CC2)s1. The Morgan fingerprint density at radius 2 is 2.21 bits per heavy atom. The van der Waals surface area contributed by atoms with Crippen LogP contribution in [0.1, 0.15) is 18.4 Å². The van der Waals surface area contributed by atoms with Crippen LogP contribution in [0.25, 0.3) is 0 Å². The zero-order valence-electron chi connectivity index (χ0n) is 13.4. The predicted molar refractivity (Wildman–Crippen MR) is 97.0 cm³/mol. The molecule has 6 nitrogen and oxygen atoms in total. The quantitative estimate of drug-likeness (QED) is 0.666. The summed E-state index contributed by atoms with van der Waals surface area (Å²) in [4.78, 5) is 11.9. The van der Waals surface area contributed by atoms with Gasteiger partial charge in [-0.15, -0.1) is 10.2 Å². The van der Waals surface area contributed by atoms with E-state index in [2.05, 4.69) is 20.8 Å². The zero-order chi connectivity index (χ0) is 16.8. The molecule has 0 radical (unpaired) electrons. The lowest BCUT2D eigenvalue weighted by atomic mass is 10.1. The first-order chi connectivity index (χ1) is 11.7. The van der Waals surface area contributed by atoms with E-state index < -0.39 is 0 Å². The van der Waals surface area contributed by atoms with E-state index in [-0.39, 0.29) is 5.91 Å². The fourth-order valence-electron chi connectivity index (χ4n) is 2.15. The number of ether oxygens (including phenoxy) is 1. The molecule has 1 aromatic carbocycles. The number of amides is 1. The van der Waals surface area contributed by atoms with Crippen molar-refractivity contribution in [3.05, 3.63) is 29.8 Å². The largest absolute Gasteiger partial charge is 0.496 e. The minimum atomic E-state index is 0.00167. The van der Waals surface area contributed by atoms with E-state index in [0.29, 0.717) is 18.3 Å². The summed E-state index contributed by atoms with van der Waals surface area (Å²) in [5.74, 6) is 1.21. The van der Waals surface area contributed by atoms with E-state index in [0.717, 1.165) is 27.2 Å². The Morgan fingerprint density at radius 3 is 3.00 bits per heavy atom. The molecule has 8 heteroatoms. The molecule has 1 fully saturated rings. The lowest BCUT2D eigenvalue weighted by molar-refractivity contribution is -0.118. The molecule has 1 aliphatic carbocycles. The van der Waals surface area contributed by atoms with E-state index in [1.54, 1.807) is 7.11 Å². The molecule has 2 N–H and O–H groups in total. The number of carbonyl (C=O) groups excluding carboxylic acids is 1. The highest BCUT2D eigenvalue weighted by Gasteiger charge is 2.22. The molecule has 1 aromatic heterocycles. The lowest BCUT2D eigenvalue weighted by Gasteiger charge is -2.08. The Balaban J connectivity index is 1.37. The second-order valence-corrected chi connectivity index (χ2v) is 7.69. The molecular formula is C16H20N4O2S2. The zero-order valence-corrected chi connectivity index (χ0v) is 15.1. The summed E-state index contributed by atoms with van der Waals surface area (Å²) >= 11 is 2.92. The van der Waals surface area contributed by atoms with Gasteiger partial charge in [0.1, 0.15) is 5.75 Å². The Kier molecular flexibility index (Phi) is 5.92. The molecule has 2 aromatic rings. The summed E-state index contributed by atoms with van der Waals surface area (Å²) in [5.41, 5.74) is 1.09. The molecule has 0 saturated heterocycles. The molecule has 1 saturated carbocycles. The first-order valence-electron chi connectivity index (χ1n) is 7.86. The molecule has 0 unspecified atom stereocenters. The number of rotatable bonds is 9. The molecule has 0 bridgehead atoms. The maximum Gasteiger partial charge on any atom is 0.230 e. The van der Waals surface area contributed by atoms with Gasteiger partial charge in [0, 0.05) is 12.6 Å². The maximum atomic E-state index is 11.9. The Labute approximate surface area is 149 Å². The van der Waals surface area contributed by atoms with Crippen molar-refractivity contribution < 1.29 is 9.53 Å². The highest BCUT2D eigenvalue weighted by Crippen LogP contribution is 2.30. The van der Waals surface area contributed by atoms with Gasteiger partial charge in [0.25, 0.3) is 0 Å². The molecule has 1 amide bonds. The summed E-state index contributed by atoms with van der Waals surface area (Å²) in [6.07, 6.45) is 3.15. The number of hydrogen-bond donors (Lipinski definition) is 2. The van der Waals surface area contributed by atoms with Crippen LogP contribution in [-0.4, -0.2) is 41.6 Å². The number of hydrogen-bond acceptors (Lipinski definition) is 7. The summed E-state index contributed by atoms with van der Waals surface area (Å²) < 4.78 is 6.12. The number of para-hydroxylation sites is 1. The summed E-state index contributed by atoms with van der Waals surface area (Å²) in [5, 5.41) is 15.3. The minimum Gasteiger partial charge on any atom is -0.496 e. The number of nitrogens with zero attached hydrogens (tertiary/aromatic N) is 2. The van der Waals surface area contributed by atoms with Gasteiger partial charge in [-0.05, 0) is 30.9 Å². The van der Waals surface area contributed by atoms with Crippen LogP contribution in [0.5, 0.6) is 5.75 Å². The molecule has 1 aliphatic rings. The number of nitrogens with one attached hydrogen (secondary N) is 2. The maximum absolute atomic E-state index is 11.9. The van der Waals surface area contributed by atoms with Crippen LogP contribution in [0.2, 0.25) is 0 Å². The third kappa shape index (κ3) is 5.10. The number of anilines is 1. The van der Waals surface area contributed by atoms with E-state index in [9.17, 15) is 4.79 Å². The smallest absolute Gasteiger partial charge is 0.230 e. The second kappa shape index (κ2) is 8.34. The van der Waals surface area contributed by atoms with Gasteiger partial charge in [0.2, 0.25) is 11.0 Å². The van der Waals surface area contributed by atoms with Crippen LogP contribution < -0.4 is 15.4 Å². The van der Waals surface area contributed by atoms with Crippen molar-refractivity contribution in [2.75, 3.05) is 24.7 Å². The Bertz CT molecular complexity index is 688. The van der Waals surface area contributed by atoms with Gasteiger partial charge in [-0.1, -0.05) is 41.3 Å². The first kappa shape index (κ1) is 17.0. The van der Waals surface area contributed by atoms with Crippen molar-refractivity contribution in [3.8, 4) is 5.75 Å². The summed E-state index contributed by atoms with van der Waals surface area (Å²) in [7, 11) is 1.66. The molecule has 0 spiro atoms. The number of methoxy groups -OCH3 is 1. The van der Waals surface area contributed by atoms with Crippen molar-refractivity contribution >= 4 is 34.1 Å². The molecular weight excluding hydrogens is 344 g/mol. The fourth-order valence-corrected chi connectivity index (χ4v) is 3.81. The summed E-state index contributed by atoms with van der Waals surface area (Å²) in [6.45, 7) is 0.588. The van der Waals surface area contributed by atoms with E-state index >= 15 is 0 Å². The Hall–Kier alpha value is -1.80. The lowest BCUT2D eigenvalue weighted by Crippen LogP contribution is -2.27. The van der Waals surface area contributed by atoms with Crippen molar-refractivity contribution in [2.45, 2.75) is 29.6 Å². The van der Waals surface area contributed by atoms with E-state index in [4.69, 9.17) is 4.74 Å². The predicted octanol–water partition coefficient (Wildman–Crippen LogP) is 2.57. The first-order valence-corrected chi connectivity index (χ1v) is 9.66. The standard InChI is InChI=1S/C16H20N4O2S2/c1-22-13-5-3-2-4-11(13)8-9-17-14(21)10-23-16-20-19-15(24-16)18-12-6-7-12/h2-5,12H,6-10H2,1H3,(H,17,21)(H,18,19). The highest BCUT2D eigenvalue weighted by atomic mass is 32.2. The molecule has 1 heterocycles. The van der Waals surface area contributed by atoms with Crippen molar-refractivity contribution in [1.29, 1.82) is 0 Å². The van der Waals surface area contributed by atoms with Crippen molar-refractivity contribution in [2.24, 2.45) is 0 Å². The number of carbonyl (C=O) groups is 1. The topological polar surface area (TPSA) is 76.1 Å². The van der Waals surface area contributed by atoms with E-state index in [1.165, 1.54) is 35.9 Å². The second-order valence-electron chi connectivity index (χ2n) is 5.49. The van der Waals surface area contributed by atoms with Crippen LogP contribution in [0.3, 0.4) is 0 Å². The van der Waals surface area contributed by atoms with Gasteiger partial charge < -0.3 is 15.4 Å². The number of benzene rings is 1. The van der Waals surface area contributed by atoms with Crippen LogP contribution in [0, 0.1) is 0 Å². The van der Waals surface area contributed by atoms with Crippen LogP contribution in [0.15, 0.2) is 28.6 Å². The van der Waals surface area contributed by atoms with Gasteiger partial charge in [0.15, 0.2) is 4.34 Å². The van der Waals surface area contributed by atoms with Crippen molar-refractivity contribution in [3.63, 3.8) is 0 Å². The van der Waals surface area contributed by atoms with Gasteiger partial charge in [-0.25, -0.2) is 0 Å². The van der Waals surface area contributed by atoms with Gasteiger partial charge in [-0.2, -0.15) is 0 Å². The molecule has 128 valence electrons. The number of thioether (sulfide) groups is 1. The monoisotopic (exact) mass is 364 g/mol. The average Bonchev–Trinajstić information content (AvgIpc) is 3.30.